The second-order valence-corrected chi connectivity index (χ2v) is 8.05. The maximum absolute atomic E-state index is 13.0. The van der Waals surface area contributed by atoms with Crippen LogP contribution in [0, 0.1) is 0 Å². The second kappa shape index (κ2) is 9.30. The van der Waals surface area contributed by atoms with Crippen molar-refractivity contribution in [3.63, 3.8) is 0 Å². The lowest BCUT2D eigenvalue weighted by Gasteiger charge is -2.20. The Kier molecular flexibility index (Phi) is 5.91. The zero-order valence-corrected chi connectivity index (χ0v) is 18.3. The number of para-hydroxylation sites is 1. The third kappa shape index (κ3) is 4.51. The van der Waals surface area contributed by atoms with E-state index in [-0.39, 0.29) is 12.5 Å². The topological polar surface area (TPSA) is 98.3 Å². The minimum absolute atomic E-state index is 0.0749. The summed E-state index contributed by atoms with van der Waals surface area (Å²) in [5.74, 6) is 1.99. The van der Waals surface area contributed by atoms with Crippen LogP contribution in [0.5, 0.6) is 11.5 Å². The van der Waals surface area contributed by atoms with E-state index in [1.165, 1.54) is 6.33 Å². The Hall–Kier alpha value is -3.91. The Morgan fingerprint density at radius 3 is 2.61 bits per heavy atom. The van der Waals surface area contributed by atoms with Crippen molar-refractivity contribution in [2.45, 2.75) is 13.0 Å². The van der Waals surface area contributed by atoms with Crippen LogP contribution in [-0.4, -0.2) is 51.5 Å². The summed E-state index contributed by atoms with van der Waals surface area (Å²) in [6, 6.07) is 17.4. The molecule has 2 aromatic heterocycles. The Balaban J connectivity index is 1.44. The lowest BCUT2D eigenvalue weighted by molar-refractivity contribution is -0.131. The number of hydrogen-bond donors (Lipinski definition) is 2. The summed E-state index contributed by atoms with van der Waals surface area (Å²) in [6.07, 6.45) is 4.34. The van der Waals surface area contributed by atoms with Crippen LogP contribution in [-0.2, 0) is 11.3 Å². The van der Waals surface area contributed by atoms with E-state index in [9.17, 15) is 4.79 Å². The van der Waals surface area contributed by atoms with Crippen LogP contribution < -0.4 is 15.8 Å². The van der Waals surface area contributed by atoms with Crippen molar-refractivity contribution in [3.05, 3.63) is 67.1 Å². The molecule has 1 aliphatic heterocycles. The number of rotatable bonds is 5. The first-order valence-corrected chi connectivity index (χ1v) is 11.1. The van der Waals surface area contributed by atoms with E-state index in [2.05, 4.69) is 15.3 Å². The first-order valence-electron chi connectivity index (χ1n) is 11.1. The number of benzene rings is 2. The molecule has 0 saturated carbocycles. The van der Waals surface area contributed by atoms with Crippen LogP contribution in [0.4, 0.5) is 5.82 Å². The highest BCUT2D eigenvalue weighted by molar-refractivity contribution is 6.01. The molecule has 3 heterocycles. The second-order valence-electron chi connectivity index (χ2n) is 8.05. The van der Waals surface area contributed by atoms with Crippen LogP contribution >= 0.6 is 0 Å². The van der Waals surface area contributed by atoms with Gasteiger partial charge in [-0.3, -0.25) is 4.79 Å². The van der Waals surface area contributed by atoms with E-state index < -0.39 is 0 Å². The zero-order chi connectivity index (χ0) is 22.6. The molecule has 33 heavy (non-hydrogen) atoms. The predicted octanol–water partition coefficient (Wildman–Crippen LogP) is 3.29. The molecule has 1 fully saturated rings. The molecule has 0 radical (unpaired) electrons. The fraction of sp³-hybridized carbons (Fsp3) is 0.240. The number of hydrogen-bond acceptors (Lipinski definition) is 6. The number of nitrogens with one attached hydrogen (secondary N) is 1. The smallest absolute Gasteiger partial charge is 0.242 e. The predicted molar refractivity (Wildman–Crippen MR) is 128 cm³/mol. The fourth-order valence-corrected chi connectivity index (χ4v) is 4.15. The Morgan fingerprint density at radius 1 is 1.00 bits per heavy atom. The molecular formula is C25H26N6O2. The molecule has 1 saturated heterocycles. The van der Waals surface area contributed by atoms with E-state index in [0.717, 1.165) is 54.1 Å². The van der Waals surface area contributed by atoms with Gasteiger partial charge < -0.3 is 25.3 Å². The quantitative estimate of drug-likeness (QED) is 0.492. The monoisotopic (exact) mass is 442 g/mol. The number of nitrogen functional groups attached to an aromatic ring is 1. The number of nitrogens with zero attached hydrogens (tertiary/aromatic N) is 4. The van der Waals surface area contributed by atoms with Crippen molar-refractivity contribution in [2.24, 2.45) is 0 Å². The summed E-state index contributed by atoms with van der Waals surface area (Å²) in [5.41, 5.74) is 8.74. The van der Waals surface area contributed by atoms with Crippen LogP contribution in [0.15, 0.2) is 67.1 Å². The summed E-state index contributed by atoms with van der Waals surface area (Å²) in [6.45, 7) is 3.44. The van der Waals surface area contributed by atoms with Crippen LogP contribution in [0.3, 0.4) is 0 Å². The first kappa shape index (κ1) is 21.0. The molecule has 4 aromatic rings. The number of fused-ring (bicyclic) bond motifs is 1. The first-order chi connectivity index (χ1) is 16.2. The largest absolute Gasteiger partial charge is 0.457 e. The maximum atomic E-state index is 13.0. The van der Waals surface area contributed by atoms with Gasteiger partial charge in [-0.15, -0.1) is 0 Å². The van der Waals surface area contributed by atoms with Crippen LogP contribution in [0.25, 0.3) is 22.2 Å². The van der Waals surface area contributed by atoms with Gasteiger partial charge in [0.2, 0.25) is 5.91 Å². The van der Waals surface area contributed by atoms with E-state index in [1.54, 1.807) is 0 Å². The number of amides is 1. The summed E-state index contributed by atoms with van der Waals surface area (Å²) in [4.78, 5) is 23.5. The third-order valence-corrected chi connectivity index (χ3v) is 5.83. The maximum Gasteiger partial charge on any atom is 0.242 e. The van der Waals surface area contributed by atoms with Gasteiger partial charge in [0.05, 0.1) is 5.39 Å². The average Bonchev–Trinajstić information content (AvgIpc) is 3.01. The minimum atomic E-state index is 0.0749. The van der Waals surface area contributed by atoms with Crippen LogP contribution in [0.2, 0.25) is 0 Å². The van der Waals surface area contributed by atoms with E-state index >= 15 is 0 Å². The number of carbonyl (C=O) groups is 1. The van der Waals surface area contributed by atoms with Crippen molar-refractivity contribution in [3.8, 4) is 22.6 Å². The molecule has 5 rings (SSSR count). The molecular weight excluding hydrogens is 416 g/mol. The molecule has 0 unspecified atom stereocenters. The highest BCUT2D eigenvalue weighted by atomic mass is 16.5. The standard InChI is InChI=1S/C25H26N6O2/c26-24-23-21(18-7-9-20(10-8-18)33-19-5-2-1-3-6-19)15-31(25(23)29-17-28-24)16-22(32)30-13-4-11-27-12-14-30/h1-3,5-10,15,17,27H,4,11-14,16H2,(H2,26,28,29). The van der Waals surface area contributed by atoms with Gasteiger partial charge in [-0.2, -0.15) is 0 Å². The van der Waals surface area contributed by atoms with E-state index in [4.69, 9.17) is 10.5 Å². The summed E-state index contributed by atoms with van der Waals surface area (Å²) < 4.78 is 7.78. The third-order valence-electron chi connectivity index (χ3n) is 5.83. The highest BCUT2D eigenvalue weighted by Crippen LogP contribution is 2.34. The van der Waals surface area contributed by atoms with Crippen molar-refractivity contribution >= 4 is 22.8 Å². The van der Waals surface area contributed by atoms with E-state index in [1.807, 2.05) is 70.3 Å². The van der Waals surface area contributed by atoms with Gasteiger partial charge in [-0.25, -0.2) is 9.97 Å². The zero-order valence-electron chi connectivity index (χ0n) is 18.3. The van der Waals surface area contributed by atoms with Gasteiger partial charge in [-0.05, 0) is 42.8 Å². The van der Waals surface area contributed by atoms with Crippen LogP contribution in [0.1, 0.15) is 6.42 Å². The molecule has 0 spiro atoms. The lowest BCUT2D eigenvalue weighted by atomic mass is 10.1. The lowest BCUT2D eigenvalue weighted by Crippen LogP contribution is -2.36. The molecule has 1 aliphatic rings. The molecule has 8 nitrogen and oxygen atoms in total. The molecule has 168 valence electrons. The molecule has 8 heteroatoms. The van der Waals surface area contributed by atoms with Gasteiger partial charge in [0.1, 0.15) is 35.8 Å². The van der Waals surface area contributed by atoms with Gasteiger partial charge in [0, 0.05) is 31.4 Å². The number of anilines is 1. The SMILES string of the molecule is Nc1ncnc2c1c(-c1ccc(Oc3ccccc3)cc1)cn2CC(=O)N1CCCNCC1. The Labute approximate surface area is 192 Å². The Morgan fingerprint density at radius 2 is 1.79 bits per heavy atom. The summed E-state index contributed by atoms with van der Waals surface area (Å²) >= 11 is 0. The van der Waals surface area contributed by atoms with Crippen molar-refractivity contribution < 1.29 is 9.53 Å². The van der Waals surface area contributed by atoms with Gasteiger partial charge in [-0.1, -0.05) is 30.3 Å². The van der Waals surface area contributed by atoms with Gasteiger partial charge in [0.25, 0.3) is 0 Å². The van der Waals surface area contributed by atoms with Crippen molar-refractivity contribution in [1.29, 1.82) is 0 Å². The van der Waals surface area contributed by atoms with Crippen molar-refractivity contribution in [2.75, 3.05) is 31.9 Å². The molecule has 2 aromatic carbocycles. The normalized spacial score (nSPS) is 14.2. The molecule has 0 bridgehead atoms. The number of nitrogens with two attached hydrogens (primary N) is 1. The molecule has 0 aliphatic carbocycles. The van der Waals surface area contributed by atoms with E-state index in [0.29, 0.717) is 18.0 Å². The summed E-state index contributed by atoms with van der Waals surface area (Å²) in [5, 5.41) is 4.08. The highest BCUT2D eigenvalue weighted by Gasteiger charge is 2.20. The molecule has 1 amide bonds. The average molecular weight is 443 g/mol. The number of carbonyl (C=O) groups excluding carboxylic acids is 1. The van der Waals surface area contributed by atoms with Gasteiger partial charge in [0.15, 0.2) is 0 Å². The van der Waals surface area contributed by atoms with Gasteiger partial charge >= 0.3 is 0 Å². The number of aromatic nitrogens is 3. The molecule has 0 atom stereocenters. The Bertz CT molecular complexity index is 1250. The van der Waals surface area contributed by atoms with Crippen molar-refractivity contribution in [1.82, 2.24) is 24.8 Å². The molecule has 3 N–H and O–H groups in total. The fourth-order valence-electron chi connectivity index (χ4n) is 4.15. The minimum Gasteiger partial charge on any atom is -0.457 e. The number of ether oxygens (including phenoxy) is 1. The summed E-state index contributed by atoms with van der Waals surface area (Å²) in [7, 11) is 0.